The van der Waals surface area contributed by atoms with E-state index in [1.165, 1.54) is 38.5 Å². The summed E-state index contributed by atoms with van der Waals surface area (Å²) in [7, 11) is 0. The summed E-state index contributed by atoms with van der Waals surface area (Å²) in [5, 5.41) is 4.95. The molecule has 8 nitrogen and oxygen atoms in total. The molecule has 0 aromatic carbocycles. The smallest absolute Gasteiger partial charge is 0.293 e. The van der Waals surface area contributed by atoms with Crippen LogP contribution in [0.15, 0.2) is 0 Å². The molecule has 5 aliphatic rings. The highest BCUT2D eigenvalue weighted by Gasteiger charge is 2.55. The number of fused-ring (bicyclic) bond motifs is 4. The minimum atomic E-state index is -0.121. The molecular formula is C26H39N5O3. The van der Waals surface area contributed by atoms with Crippen LogP contribution in [0.4, 0.5) is 5.95 Å². The van der Waals surface area contributed by atoms with Crippen LogP contribution in [0.1, 0.15) is 101 Å². The highest BCUT2D eigenvalue weighted by molar-refractivity contribution is 5.96. The maximum absolute atomic E-state index is 14.1. The van der Waals surface area contributed by atoms with Gasteiger partial charge in [0.2, 0.25) is 17.7 Å². The normalized spacial score (nSPS) is 29.5. The number of hydrogen-bond donors (Lipinski definition) is 0. The topological polar surface area (TPSA) is 80.6 Å². The van der Waals surface area contributed by atoms with Gasteiger partial charge >= 0.3 is 0 Å². The van der Waals surface area contributed by atoms with Crippen molar-refractivity contribution < 1.29 is 14.3 Å². The second-order valence-corrected chi connectivity index (χ2v) is 11.2. The van der Waals surface area contributed by atoms with Gasteiger partial charge in [0.1, 0.15) is 0 Å². The van der Waals surface area contributed by atoms with Gasteiger partial charge in [-0.2, -0.15) is 4.98 Å². The van der Waals surface area contributed by atoms with Crippen molar-refractivity contribution in [1.29, 1.82) is 0 Å². The summed E-state index contributed by atoms with van der Waals surface area (Å²) in [4.78, 5) is 36.2. The molecule has 2 aliphatic heterocycles. The van der Waals surface area contributed by atoms with Crippen molar-refractivity contribution in [2.24, 2.45) is 11.8 Å². The first kappa shape index (κ1) is 22.5. The highest BCUT2D eigenvalue weighted by Crippen LogP contribution is 2.53. The fraction of sp³-hybridized carbons (Fsp3) is 0.846. The Morgan fingerprint density at radius 2 is 1.53 bits per heavy atom. The van der Waals surface area contributed by atoms with Crippen molar-refractivity contribution in [3.63, 3.8) is 0 Å². The number of morpholine rings is 1. The van der Waals surface area contributed by atoms with Gasteiger partial charge in [-0.05, 0) is 38.5 Å². The Hall–Kier alpha value is -1.96. The third kappa shape index (κ3) is 3.67. The Morgan fingerprint density at radius 3 is 2.29 bits per heavy atom. The van der Waals surface area contributed by atoms with Gasteiger partial charge in [-0.15, -0.1) is 5.10 Å². The summed E-state index contributed by atoms with van der Waals surface area (Å²) in [6.07, 6.45) is 15.8. The lowest BCUT2D eigenvalue weighted by Gasteiger charge is -2.55. The summed E-state index contributed by atoms with van der Waals surface area (Å²) in [5.41, 5.74) is -0.0987. The van der Waals surface area contributed by atoms with Gasteiger partial charge in [0.05, 0.1) is 18.8 Å². The minimum absolute atomic E-state index is 0.0836. The van der Waals surface area contributed by atoms with Gasteiger partial charge in [0.15, 0.2) is 0 Å². The monoisotopic (exact) mass is 469 g/mol. The van der Waals surface area contributed by atoms with E-state index < -0.39 is 0 Å². The average molecular weight is 470 g/mol. The number of carbonyl (C=O) groups excluding carboxylic acids is 2. The number of rotatable bonds is 2. The van der Waals surface area contributed by atoms with E-state index in [4.69, 9.17) is 14.8 Å². The lowest BCUT2D eigenvalue weighted by Crippen LogP contribution is -2.62. The van der Waals surface area contributed by atoms with E-state index >= 15 is 0 Å². The van der Waals surface area contributed by atoms with E-state index in [-0.39, 0.29) is 35.1 Å². The Labute approximate surface area is 202 Å². The Bertz CT molecular complexity index is 912. The van der Waals surface area contributed by atoms with Crippen LogP contribution in [0, 0.1) is 11.8 Å². The average Bonchev–Trinajstić information content (AvgIpc) is 3.36. The molecule has 2 amide bonds. The van der Waals surface area contributed by atoms with Crippen LogP contribution in [-0.2, 0) is 15.1 Å². The van der Waals surface area contributed by atoms with E-state index in [9.17, 15) is 9.59 Å². The standard InChI is InChI=1S/C26H39N5O3/c32-23(19-9-3-1-4-10-19)30-21-12-6-5-11-20(21)26(13-7-2-8-14-26)31-25(30)27-22(28-31)24(33)29-15-17-34-18-16-29/h19-21H,1-18H2/t20-,21+/m1/s1. The molecule has 3 saturated carbocycles. The van der Waals surface area contributed by atoms with Crippen LogP contribution in [0.2, 0.25) is 0 Å². The lowest BCUT2D eigenvalue weighted by atomic mass is 9.64. The van der Waals surface area contributed by atoms with Gasteiger partial charge in [0, 0.05) is 31.0 Å². The molecule has 0 radical (unpaired) electrons. The third-order valence-electron chi connectivity index (χ3n) is 9.38. The van der Waals surface area contributed by atoms with Crippen LogP contribution in [0.3, 0.4) is 0 Å². The molecule has 6 rings (SSSR count). The first-order chi connectivity index (χ1) is 16.7. The Kier molecular flexibility index (Phi) is 6.12. The minimum Gasteiger partial charge on any atom is -0.378 e. The van der Waals surface area contributed by atoms with Crippen molar-refractivity contribution >= 4 is 17.8 Å². The first-order valence-corrected chi connectivity index (χ1v) is 13.9. The Morgan fingerprint density at radius 1 is 0.853 bits per heavy atom. The van der Waals surface area contributed by atoms with E-state index in [2.05, 4.69) is 4.68 Å². The quantitative estimate of drug-likeness (QED) is 0.656. The van der Waals surface area contributed by atoms with E-state index in [0.29, 0.717) is 38.2 Å². The van der Waals surface area contributed by atoms with Gasteiger partial charge in [-0.3, -0.25) is 14.5 Å². The molecular weight excluding hydrogens is 430 g/mol. The first-order valence-electron chi connectivity index (χ1n) is 13.9. The fourth-order valence-corrected chi connectivity index (χ4v) is 7.66. The number of hydrogen-bond acceptors (Lipinski definition) is 5. The van der Waals surface area contributed by atoms with Crippen LogP contribution < -0.4 is 4.90 Å². The van der Waals surface area contributed by atoms with E-state index in [0.717, 1.165) is 51.4 Å². The zero-order chi connectivity index (χ0) is 23.1. The molecule has 8 heteroatoms. The maximum atomic E-state index is 14.1. The number of nitrogens with zero attached hydrogens (tertiary/aromatic N) is 5. The molecule has 1 spiro atoms. The molecule has 1 aromatic heterocycles. The second-order valence-electron chi connectivity index (χ2n) is 11.2. The molecule has 1 saturated heterocycles. The highest BCUT2D eigenvalue weighted by atomic mass is 16.5. The van der Waals surface area contributed by atoms with Crippen LogP contribution in [0.5, 0.6) is 0 Å². The zero-order valence-corrected chi connectivity index (χ0v) is 20.4. The summed E-state index contributed by atoms with van der Waals surface area (Å²) in [6, 6.07) is 0.198. The van der Waals surface area contributed by atoms with Crippen LogP contribution >= 0.6 is 0 Å². The van der Waals surface area contributed by atoms with Crippen molar-refractivity contribution in [3.8, 4) is 0 Å². The molecule has 1 aromatic rings. The number of ether oxygens (including phenoxy) is 1. The lowest BCUT2D eigenvalue weighted by molar-refractivity contribution is -0.125. The summed E-state index contributed by atoms with van der Waals surface area (Å²) in [6.45, 7) is 2.26. The summed E-state index contributed by atoms with van der Waals surface area (Å²) in [5.74, 6) is 1.54. The summed E-state index contributed by atoms with van der Waals surface area (Å²) < 4.78 is 7.53. The van der Waals surface area contributed by atoms with Crippen molar-refractivity contribution in [2.75, 3.05) is 31.2 Å². The molecule has 4 fully saturated rings. The predicted octanol–water partition coefficient (Wildman–Crippen LogP) is 3.90. The largest absolute Gasteiger partial charge is 0.378 e. The van der Waals surface area contributed by atoms with Crippen molar-refractivity contribution in [1.82, 2.24) is 19.7 Å². The van der Waals surface area contributed by atoms with Crippen LogP contribution in [-0.4, -0.2) is 63.8 Å². The molecule has 0 bridgehead atoms. The Balaban J connectivity index is 1.44. The molecule has 0 unspecified atom stereocenters. The predicted molar refractivity (Wildman–Crippen MR) is 128 cm³/mol. The van der Waals surface area contributed by atoms with Gasteiger partial charge in [0.25, 0.3) is 5.91 Å². The van der Waals surface area contributed by atoms with Gasteiger partial charge in [-0.1, -0.05) is 51.4 Å². The molecule has 186 valence electrons. The molecule has 3 heterocycles. The molecule has 0 N–H and O–H groups in total. The van der Waals surface area contributed by atoms with Gasteiger partial charge < -0.3 is 9.64 Å². The number of amides is 2. The second kappa shape index (κ2) is 9.25. The summed E-state index contributed by atoms with van der Waals surface area (Å²) >= 11 is 0. The SMILES string of the molecule is O=C(c1nc2n(n1)C1(CCCCC1)[C@@H]1CCCC[C@@H]1N2C(=O)C1CCCCC1)N1CCOCC1. The van der Waals surface area contributed by atoms with Crippen LogP contribution in [0.25, 0.3) is 0 Å². The van der Waals surface area contributed by atoms with Gasteiger partial charge in [-0.25, -0.2) is 4.68 Å². The molecule has 3 aliphatic carbocycles. The third-order valence-corrected chi connectivity index (χ3v) is 9.38. The number of anilines is 1. The zero-order valence-electron chi connectivity index (χ0n) is 20.4. The van der Waals surface area contributed by atoms with Crippen molar-refractivity contribution in [3.05, 3.63) is 5.82 Å². The number of aromatic nitrogens is 3. The van der Waals surface area contributed by atoms with E-state index in [1.54, 1.807) is 4.90 Å². The molecule has 2 atom stereocenters. The van der Waals surface area contributed by atoms with E-state index in [1.807, 2.05) is 4.90 Å². The van der Waals surface area contributed by atoms with Crippen molar-refractivity contribution in [2.45, 2.75) is 101 Å². The molecule has 34 heavy (non-hydrogen) atoms. The fourth-order valence-electron chi connectivity index (χ4n) is 7.66. The number of carbonyl (C=O) groups is 2. The maximum Gasteiger partial charge on any atom is 0.293 e.